The summed E-state index contributed by atoms with van der Waals surface area (Å²) in [6.45, 7) is 0. The van der Waals surface area contributed by atoms with E-state index in [1.807, 2.05) is 0 Å². The topological polar surface area (TPSA) is 90.2 Å². The minimum absolute atomic E-state index is 0.212. The Bertz CT molecular complexity index is 449. The quantitative estimate of drug-likeness (QED) is 0.811. The van der Waals surface area contributed by atoms with Crippen molar-refractivity contribution in [2.75, 3.05) is 0 Å². The van der Waals surface area contributed by atoms with Gasteiger partial charge in [-0.2, -0.15) is 0 Å². The molecule has 6 nitrogen and oxygen atoms in total. The number of rotatable bonds is 3. The molecule has 84 valence electrons. The maximum absolute atomic E-state index is 11.5. The van der Waals surface area contributed by atoms with Crippen LogP contribution in [0.15, 0.2) is 9.40 Å². The van der Waals surface area contributed by atoms with E-state index in [0.29, 0.717) is 10.3 Å². The van der Waals surface area contributed by atoms with E-state index < -0.39 is 12.0 Å². The van der Waals surface area contributed by atoms with Crippen LogP contribution in [0, 0.1) is 0 Å². The van der Waals surface area contributed by atoms with E-state index in [2.05, 4.69) is 15.9 Å². The summed E-state index contributed by atoms with van der Waals surface area (Å²) in [5, 5.41) is 8.61. The predicted molar refractivity (Wildman–Crippen MR) is 57.5 cm³/mol. The Morgan fingerprint density at radius 1 is 1.53 bits per heavy atom. The number of carboxylic acid groups (broad SMARTS) is 1. The van der Waals surface area contributed by atoms with Gasteiger partial charge in [0.05, 0.1) is 18.2 Å². The van der Waals surface area contributed by atoms with Crippen molar-refractivity contribution in [1.82, 2.24) is 9.13 Å². The number of nitrogens with two attached hydrogens (primary N) is 1. The Kier molecular flexibility index (Phi) is 3.35. The van der Waals surface area contributed by atoms with Gasteiger partial charge in [-0.15, -0.1) is 0 Å². The third-order valence-electron chi connectivity index (χ3n) is 2.19. The van der Waals surface area contributed by atoms with Gasteiger partial charge in [0.2, 0.25) is 0 Å². The molecule has 0 aliphatic rings. The molecule has 0 amide bonds. The molecule has 0 spiro atoms. The summed E-state index contributed by atoms with van der Waals surface area (Å²) in [5.74, 6) is -0.995. The van der Waals surface area contributed by atoms with E-state index in [1.165, 1.54) is 9.13 Å². The molecule has 1 rings (SSSR count). The lowest BCUT2D eigenvalue weighted by atomic mass is 10.1. The van der Waals surface area contributed by atoms with Gasteiger partial charge < -0.3 is 10.8 Å². The van der Waals surface area contributed by atoms with Gasteiger partial charge in [0.25, 0.3) is 0 Å². The molecule has 0 radical (unpaired) electrons. The molecule has 0 saturated carbocycles. The minimum Gasteiger partial charge on any atom is -0.481 e. The first-order chi connectivity index (χ1) is 6.86. The third kappa shape index (κ3) is 2.13. The fraction of sp³-hybridized carbons (Fsp3) is 0.500. The van der Waals surface area contributed by atoms with Crippen molar-refractivity contribution in [2.24, 2.45) is 19.8 Å². The van der Waals surface area contributed by atoms with Crippen LogP contribution in [0.1, 0.15) is 18.2 Å². The highest BCUT2D eigenvalue weighted by Gasteiger charge is 2.21. The molecule has 0 saturated heterocycles. The second-order valence-electron chi connectivity index (χ2n) is 3.28. The van der Waals surface area contributed by atoms with Gasteiger partial charge in [0.1, 0.15) is 4.60 Å². The molecule has 0 fully saturated rings. The smallest absolute Gasteiger partial charge is 0.328 e. The van der Waals surface area contributed by atoms with Crippen molar-refractivity contribution in [3.05, 3.63) is 20.8 Å². The summed E-state index contributed by atoms with van der Waals surface area (Å²) < 4.78 is 3.23. The molecule has 1 aromatic rings. The Hall–Kier alpha value is -1.08. The van der Waals surface area contributed by atoms with Crippen LogP contribution in [0.5, 0.6) is 0 Å². The highest BCUT2D eigenvalue weighted by atomic mass is 79.9. The zero-order valence-electron chi connectivity index (χ0n) is 8.40. The van der Waals surface area contributed by atoms with E-state index >= 15 is 0 Å². The van der Waals surface area contributed by atoms with Gasteiger partial charge >= 0.3 is 11.7 Å². The zero-order chi connectivity index (χ0) is 11.7. The molecular weight excluding hydrogens is 266 g/mol. The van der Waals surface area contributed by atoms with Gasteiger partial charge in [-0.25, -0.2) is 4.79 Å². The maximum Gasteiger partial charge on any atom is 0.328 e. The second-order valence-corrected chi connectivity index (χ2v) is 4.03. The fourth-order valence-electron chi connectivity index (χ4n) is 1.41. The zero-order valence-corrected chi connectivity index (χ0v) is 9.98. The number of imidazole rings is 1. The Morgan fingerprint density at radius 3 is 2.40 bits per heavy atom. The minimum atomic E-state index is -0.995. The summed E-state index contributed by atoms with van der Waals surface area (Å²) in [4.78, 5) is 22.0. The monoisotopic (exact) mass is 277 g/mol. The molecule has 1 atom stereocenters. The fourth-order valence-corrected chi connectivity index (χ4v) is 2.12. The van der Waals surface area contributed by atoms with Crippen molar-refractivity contribution >= 4 is 21.9 Å². The summed E-state index contributed by atoms with van der Waals surface area (Å²) in [6.07, 6.45) is -0.212. The number of hydrogen-bond acceptors (Lipinski definition) is 3. The van der Waals surface area contributed by atoms with Crippen LogP contribution in [0.2, 0.25) is 0 Å². The van der Waals surface area contributed by atoms with Crippen LogP contribution in [0.3, 0.4) is 0 Å². The number of aromatic nitrogens is 2. The van der Waals surface area contributed by atoms with Crippen LogP contribution in [0.25, 0.3) is 0 Å². The normalized spacial score (nSPS) is 12.8. The average Bonchev–Trinajstić information content (AvgIpc) is 2.30. The number of hydrogen-bond donors (Lipinski definition) is 2. The number of nitrogens with zero attached hydrogens (tertiary/aromatic N) is 2. The SMILES string of the molecule is Cn1c(Br)c(C(N)CC(=O)O)n(C)c1=O. The number of aliphatic carboxylic acids is 1. The highest BCUT2D eigenvalue weighted by molar-refractivity contribution is 9.10. The van der Waals surface area contributed by atoms with E-state index in [4.69, 9.17) is 10.8 Å². The lowest BCUT2D eigenvalue weighted by Crippen LogP contribution is -2.23. The first-order valence-corrected chi connectivity index (χ1v) is 5.04. The highest BCUT2D eigenvalue weighted by Crippen LogP contribution is 2.21. The van der Waals surface area contributed by atoms with Crippen LogP contribution in [-0.4, -0.2) is 20.2 Å². The van der Waals surface area contributed by atoms with Crippen molar-refractivity contribution < 1.29 is 9.90 Å². The van der Waals surface area contributed by atoms with E-state index in [0.717, 1.165) is 0 Å². The summed E-state index contributed by atoms with van der Waals surface area (Å²) in [7, 11) is 3.15. The van der Waals surface area contributed by atoms with Crippen molar-refractivity contribution in [3.63, 3.8) is 0 Å². The first kappa shape index (κ1) is 12.0. The van der Waals surface area contributed by atoms with Crippen LogP contribution >= 0.6 is 15.9 Å². The van der Waals surface area contributed by atoms with E-state index in [9.17, 15) is 9.59 Å². The van der Waals surface area contributed by atoms with Gasteiger partial charge in [-0.1, -0.05) is 0 Å². The molecule has 3 N–H and O–H groups in total. The molecule has 0 aromatic carbocycles. The van der Waals surface area contributed by atoms with Gasteiger partial charge in [0, 0.05) is 14.1 Å². The average molecular weight is 278 g/mol. The van der Waals surface area contributed by atoms with E-state index in [1.54, 1.807) is 14.1 Å². The molecule has 7 heteroatoms. The largest absolute Gasteiger partial charge is 0.481 e. The second kappa shape index (κ2) is 4.19. The van der Waals surface area contributed by atoms with Gasteiger partial charge in [-0.05, 0) is 15.9 Å². The van der Waals surface area contributed by atoms with Crippen molar-refractivity contribution in [2.45, 2.75) is 12.5 Å². The molecular formula is C8H12BrN3O3. The number of carboxylic acids is 1. The van der Waals surface area contributed by atoms with Crippen molar-refractivity contribution in [1.29, 1.82) is 0 Å². The molecule has 15 heavy (non-hydrogen) atoms. The summed E-state index contributed by atoms with van der Waals surface area (Å²) in [5.41, 5.74) is 5.95. The van der Waals surface area contributed by atoms with Gasteiger partial charge in [-0.3, -0.25) is 13.9 Å². The van der Waals surface area contributed by atoms with Crippen LogP contribution in [0.4, 0.5) is 0 Å². The molecule has 1 unspecified atom stereocenters. The van der Waals surface area contributed by atoms with Gasteiger partial charge in [0.15, 0.2) is 0 Å². The summed E-state index contributed by atoms with van der Waals surface area (Å²) in [6, 6.07) is -0.698. The van der Waals surface area contributed by atoms with Crippen LogP contribution in [-0.2, 0) is 18.9 Å². The summed E-state index contributed by atoms with van der Waals surface area (Å²) >= 11 is 3.21. The Labute approximate surface area is 94.4 Å². The molecule has 1 aromatic heterocycles. The molecule has 0 aliphatic heterocycles. The standard InChI is InChI=1S/C8H12BrN3O3/c1-11-6(4(10)3-5(13)14)7(9)12(2)8(11)15/h4H,3,10H2,1-2H3,(H,13,14). The molecule has 0 bridgehead atoms. The third-order valence-corrected chi connectivity index (χ3v) is 3.13. The Morgan fingerprint density at radius 2 is 2.07 bits per heavy atom. The molecule has 0 aliphatic carbocycles. The number of halogens is 1. The number of carbonyl (C=O) groups is 1. The lowest BCUT2D eigenvalue weighted by molar-refractivity contribution is -0.137. The van der Waals surface area contributed by atoms with E-state index in [-0.39, 0.29) is 12.1 Å². The van der Waals surface area contributed by atoms with Crippen molar-refractivity contribution in [3.8, 4) is 0 Å². The Balaban J connectivity index is 3.20. The maximum atomic E-state index is 11.5. The molecule has 1 heterocycles. The first-order valence-electron chi connectivity index (χ1n) is 4.24. The lowest BCUT2D eigenvalue weighted by Gasteiger charge is -2.09. The van der Waals surface area contributed by atoms with Crippen LogP contribution < -0.4 is 11.4 Å². The predicted octanol–water partition coefficient (Wildman–Crippen LogP) is -0.0392.